The fourth-order valence-electron chi connectivity index (χ4n) is 3.70. The Balaban J connectivity index is 0.00000245. The molecule has 0 spiro atoms. The molecule has 5 rings (SSSR count). The first kappa shape index (κ1) is 22.0. The molecule has 1 aromatic carbocycles. The maximum Gasteiger partial charge on any atom is 0.433 e. The molecule has 0 saturated carbocycles. The Morgan fingerprint density at radius 2 is 1.78 bits per heavy atom. The van der Waals surface area contributed by atoms with Gasteiger partial charge in [-0.25, -0.2) is 0 Å². The van der Waals surface area contributed by atoms with Gasteiger partial charge in [-0.1, -0.05) is 11.3 Å². The van der Waals surface area contributed by atoms with Crippen LogP contribution in [0, 0.1) is 10.1 Å². The van der Waals surface area contributed by atoms with E-state index in [1.807, 2.05) is 0 Å². The molecule has 0 aliphatic carbocycles. The molecule has 4 heterocycles. The van der Waals surface area contributed by atoms with Crippen molar-refractivity contribution in [3.63, 3.8) is 0 Å². The Morgan fingerprint density at radius 3 is 2.44 bits per heavy atom. The van der Waals surface area contributed by atoms with Crippen LogP contribution in [-0.4, -0.2) is 60.2 Å². The summed E-state index contributed by atoms with van der Waals surface area (Å²) in [4.78, 5) is 19.3. The standard InChI is InChI=1S/C20H21N7O3S.ClH/c28-27(29)17-7-6-16(30-17)19-23-24-20(31-19)26-12-10-25(11-13-26)15-4-2-14(3-5-15)18-21-8-1-9-22-18;/h2-7H,1,8-13H2,(H,21,22);1H. The number of hydrogen-bond donors (Lipinski definition) is 1. The molecule has 168 valence electrons. The van der Waals surface area contributed by atoms with Gasteiger partial charge < -0.3 is 19.5 Å². The van der Waals surface area contributed by atoms with Crippen molar-refractivity contribution in [1.82, 2.24) is 15.5 Å². The summed E-state index contributed by atoms with van der Waals surface area (Å²) in [5.74, 6) is 1.06. The van der Waals surface area contributed by atoms with E-state index >= 15 is 0 Å². The number of benzene rings is 1. The van der Waals surface area contributed by atoms with Crippen molar-refractivity contribution in [2.75, 3.05) is 49.1 Å². The predicted octanol–water partition coefficient (Wildman–Crippen LogP) is 3.19. The lowest BCUT2D eigenvalue weighted by atomic mass is 10.1. The van der Waals surface area contributed by atoms with Crippen molar-refractivity contribution in [2.24, 2.45) is 4.99 Å². The number of halogens is 1. The lowest BCUT2D eigenvalue weighted by Crippen LogP contribution is -2.46. The highest BCUT2D eigenvalue weighted by Gasteiger charge is 2.22. The summed E-state index contributed by atoms with van der Waals surface area (Å²) >= 11 is 1.38. The number of anilines is 2. The number of amidine groups is 1. The third-order valence-corrected chi connectivity index (χ3v) is 6.35. The molecular formula is C20H22ClN7O3S. The van der Waals surface area contributed by atoms with Gasteiger partial charge in [0, 0.05) is 50.5 Å². The molecule has 0 unspecified atom stereocenters. The highest BCUT2D eigenvalue weighted by molar-refractivity contribution is 7.18. The molecule has 3 aromatic rings. The summed E-state index contributed by atoms with van der Waals surface area (Å²) in [6, 6.07) is 11.4. The van der Waals surface area contributed by atoms with Gasteiger partial charge in [0.05, 0.1) is 6.07 Å². The number of furan rings is 1. The highest BCUT2D eigenvalue weighted by atomic mass is 35.5. The van der Waals surface area contributed by atoms with E-state index in [1.165, 1.54) is 23.1 Å². The van der Waals surface area contributed by atoms with E-state index in [-0.39, 0.29) is 18.3 Å². The van der Waals surface area contributed by atoms with Gasteiger partial charge in [0.2, 0.25) is 5.13 Å². The molecule has 1 fully saturated rings. The average Bonchev–Trinajstić information content (AvgIpc) is 3.50. The van der Waals surface area contributed by atoms with Crippen LogP contribution >= 0.6 is 23.7 Å². The van der Waals surface area contributed by atoms with Crippen LogP contribution in [0.4, 0.5) is 16.7 Å². The van der Waals surface area contributed by atoms with E-state index in [9.17, 15) is 10.1 Å². The zero-order valence-electron chi connectivity index (χ0n) is 17.1. The van der Waals surface area contributed by atoms with Crippen LogP contribution in [0.5, 0.6) is 0 Å². The minimum atomic E-state index is -0.559. The minimum absolute atomic E-state index is 0. The molecule has 1 saturated heterocycles. The molecule has 2 aliphatic heterocycles. The molecule has 0 atom stereocenters. The van der Waals surface area contributed by atoms with E-state index in [0.717, 1.165) is 62.2 Å². The zero-order valence-corrected chi connectivity index (χ0v) is 18.8. The first-order valence-corrected chi connectivity index (χ1v) is 11.0. The van der Waals surface area contributed by atoms with Gasteiger partial charge in [-0.05, 0) is 36.8 Å². The van der Waals surface area contributed by atoms with Gasteiger partial charge >= 0.3 is 5.88 Å². The Labute approximate surface area is 194 Å². The number of hydrogen-bond acceptors (Lipinski definition) is 10. The molecule has 0 bridgehead atoms. The number of nitrogens with zero attached hydrogens (tertiary/aromatic N) is 6. The Kier molecular flexibility index (Phi) is 6.56. The monoisotopic (exact) mass is 475 g/mol. The minimum Gasteiger partial charge on any atom is -0.398 e. The van der Waals surface area contributed by atoms with E-state index < -0.39 is 4.92 Å². The fourth-order valence-corrected chi connectivity index (χ4v) is 4.55. The Hall–Kier alpha value is -3.18. The van der Waals surface area contributed by atoms with Crippen LogP contribution < -0.4 is 15.1 Å². The van der Waals surface area contributed by atoms with E-state index in [4.69, 9.17) is 4.42 Å². The van der Waals surface area contributed by atoms with Crippen LogP contribution in [0.1, 0.15) is 12.0 Å². The largest absolute Gasteiger partial charge is 0.433 e. The maximum absolute atomic E-state index is 10.8. The predicted molar refractivity (Wildman–Crippen MR) is 126 cm³/mol. The third-order valence-electron chi connectivity index (χ3n) is 5.35. The summed E-state index contributed by atoms with van der Waals surface area (Å²) in [7, 11) is 0. The van der Waals surface area contributed by atoms with E-state index in [0.29, 0.717) is 10.8 Å². The number of rotatable bonds is 5. The lowest BCUT2D eigenvalue weighted by Gasteiger charge is -2.35. The van der Waals surface area contributed by atoms with Crippen molar-refractivity contribution in [3.8, 4) is 10.8 Å². The Bertz CT molecular complexity index is 1110. The average molecular weight is 476 g/mol. The molecule has 32 heavy (non-hydrogen) atoms. The normalized spacial score (nSPS) is 16.2. The number of nitro groups is 1. The molecule has 2 aromatic heterocycles. The smallest absolute Gasteiger partial charge is 0.398 e. The molecule has 10 nitrogen and oxygen atoms in total. The third kappa shape index (κ3) is 4.53. The molecule has 2 aliphatic rings. The van der Waals surface area contributed by atoms with Gasteiger partial charge in [-0.15, -0.1) is 22.6 Å². The second-order valence-corrected chi connectivity index (χ2v) is 8.27. The summed E-state index contributed by atoms with van der Waals surface area (Å²) < 4.78 is 5.23. The van der Waals surface area contributed by atoms with Crippen molar-refractivity contribution in [2.45, 2.75) is 6.42 Å². The van der Waals surface area contributed by atoms with Gasteiger partial charge in [-0.3, -0.25) is 15.1 Å². The topological polar surface area (TPSA) is 113 Å². The summed E-state index contributed by atoms with van der Waals surface area (Å²) in [6.07, 6.45) is 1.09. The number of aromatic nitrogens is 2. The van der Waals surface area contributed by atoms with Crippen LogP contribution in [0.2, 0.25) is 0 Å². The molecule has 1 N–H and O–H groups in total. The van der Waals surface area contributed by atoms with Gasteiger partial charge in [0.25, 0.3) is 0 Å². The molecular weight excluding hydrogens is 454 g/mol. The molecule has 0 amide bonds. The van der Waals surface area contributed by atoms with Gasteiger partial charge in [0.15, 0.2) is 10.8 Å². The maximum atomic E-state index is 10.8. The fraction of sp³-hybridized carbons (Fsp3) is 0.350. The number of aliphatic imine (C=N–C) groups is 1. The van der Waals surface area contributed by atoms with Crippen molar-refractivity contribution >= 4 is 46.3 Å². The first-order chi connectivity index (χ1) is 15.2. The zero-order chi connectivity index (χ0) is 21.2. The Morgan fingerprint density at radius 1 is 1.03 bits per heavy atom. The molecule has 0 radical (unpaired) electrons. The summed E-state index contributed by atoms with van der Waals surface area (Å²) in [5.41, 5.74) is 2.32. The van der Waals surface area contributed by atoms with Crippen molar-refractivity contribution in [3.05, 3.63) is 52.1 Å². The van der Waals surface area contributed by atoms with Crippen LogP contribution in [-0.2, 0) is 0 Å². The van der Waals surface area contributed by atoms with E-state index in [1.54, 1.807) is 6.07 Å². The van der Waals surface area contributed by atoms with Gasteiger partial charge in [0.1, 0.15) is 10.8 Å². The van der Waals surface area contributed by atoms with Crippen LogP contribution in [0.25, 0.3) is 10.8 Å². The summed E-state index contributed by atoms with van der Waals surface area (Å²) in [6.45, 7) is 5.26. The second kappa shape index (κ2) is 9.53. The molecule has 12 heteroatoms. The number of piperazine rings is 1. The highest BCUT2D eigenvalue weighted by Crippen LogP contribution is 2.32. The van der Waals surface area contributed by atoms with Crippen molar-refractivity contribution < 1.29 is 9.34 Å². The van der Waals surface area contributed by atoms with Crippen molar-refractivity contribution in [1.29, 1.82) is 0 Å². The van der Waals surface area contributed by atoms with Gasteiger partial charge in [-0.2, -0.15) is 0 Å². The number of nitrogens with one attached hydrogen (secondary N) is 1. The second-order valence-electron chi connectivity index (χ2n) is 7.32. The van der Waals surface area contributed by atoms with Crippen LogP contribution in [0.3, 0.4) is 0 Å². The lowest BCUT2D eigenvalue weighted by molar-refractivity contribution is -0.401. The SMILES string of the molecule is Cl.O=[N+]([O-])c1ccc(-c2nnc(N3CCN(c4ccc(C5=NCCCN5)cc4)CC3)s2)o1. The summed E-state index contributed by atoms with van der Waals surface area (Å²) in [5, 5.41) is 23.9. The quantitative estimate of drug-likeness (QED) is 0.442. The first-order valence-electron chi connectivity index (χ1n) is 10.1. The van der Waals surface area contributed by atoms with Crippen LogP contribution in [0.15, 0.2) is 45.8 Å². The van der Waals surface area contributed by atoms with E-state index in [2.05, 4.69) is 54.6 Å².